The van der Waals surface area contributed by atoms with Crippen LogP contribution >= 0.6 is 11.6 Å². The number of carbonyl (C=O) groups is 1. The van der Waals surface area contributed by atoms with Crippen molar-refractivity contribution in [1.82, 2.24) is 5.32 Å². The molecule has 0 heterocycles. The molecule has 0 radical (unpaired) electrons. The molecule has 4 heteroatoms. The summed E-state index contributed by atoms with van der Waals surface area (Å²) >= 11 is 6.07. The van der Waals surface area contributed by atoms with Crippen LogP contribution in [0.5, 0.6) is 0 Å². The number of nitrogens with one attached hydrogen (secondary N) is 1. The number of alkyl halides is 1. The summed E-state index contributed by atoms with van der Waals surface area (Å²) in [6.07, 6.45) is 1.51. The second-order valence-corrected chi connectivity index (χ2v) is 5.17. The lowest BCUT2D eigenvalue weighted by Gasteiger charge is -2.23. The minimum Gasteiger partial charge on any atom is -0.388 e. The summed E-state index contributed by atoms with van der Waals surface area (Å²) in [5.41, 5.74) is -0.121. The quantitative estimate of drug-likeness (QED) is 0.780. The number of carbonyl (C=O) groups excluding carboxylic acids is 1. The maximum atomic E-state index is 11.8. The van der Waals surface area contributed by atoms with Gasteiger partial charge in [-0.05, 0) is 18.9 Å². The zero-order valence-corrected chi connectivity index (χ0v) is 11.6. The second kappa shape index (κ2) is 6.76. The molecule has 0 bridgehead atoms. The van der Waals surface area contributed by atoms with E-state index in [4.69, 9.17) is 11.6 Å². The first-order valence-electron chi connectivity index (χ1n) is 6.15. The van der Waals surface area contributed by atoms with E-state index in [9.17, 15) is 9.90 Å². The van der Waals surface area contributed by atoms with Gasteiger partial charge in [-0.3, -0.25) is 4.79 Å². The van der Waals surface area contributed by atoms with Gasteiger partial charge in [0.25, 0.3) is 0 Å². The van der Waals surface area contributed by atoms with Crippen LogP contribution < -0.4 is 5.32 Å². The molecule has 1 rings (SSSR count). The molecule has 0 aliphatic rings. The monoisotopic (exact) mass is 269 g/mol. The third-order valence-corrected chi connectivity index (χ3v) is 3.20. The molecule has 2 atom stereocenters. The van der Waals surface area contributed by atoms with Crippen LogP contribution in [-0.4, -0.2) is 23.2 Å². The number of amides is 1. The van der Waals surface area contributed by atoms with E-state index < -0.39 is 11.0 Å². The Morgan fingerprint density at radius 1 is 1.44 bits per heavy atom. The van der Waals surface area contributed by atoms with Crippen molar-refractivity contribution in [3.63, 3.8) is 0 Å². The summed E-state index contributed by atoms with van der Waals surface area (Å²) in [6, 6.07) is 9.16. The van der Waals surface area contributed by atoms with Crippen molar-refractivity contribution in [3.05, 3.63) is 35.9 Å². The average molecular weight is 270 g/mol. The first-order valence-corrected chi connectivity index (χ1v) is 6.59. The molecule has 0 aromatic heterocycles. The van der Waals surface area contributed by atoms with Crippen molar-refractivity contribution in [2.24, 2.45) is 0 Å². The summed E-state index contributed by atoms with van der Waals surface area (Å²) in [6.45, 7) is 3.92. The first-order chi connectivity index (χ1) is 8.46. The molecular weight excluding hydrogens is 250 g/mol. The van der Waals surface area contributed by atoms with E-state index in [1.165, 1.54) is 0 Å². The van der Waals surface area contributed by atoms with E-state index >= 15 is 0 Å². The van der Waals surface area contributed by atoms with Crippen LogP contribution in [0.4, 0.5) is 0 Å². The van der Waals surface area contributed by atoms with Crippen molar-refractivity contribution in [1.29, 1.82) is 0 Å². The molecule has 100 valence electrons. The van der Waals surface area contributed by atoms with E-state index in [-0.39, 0.29) is 12.5 Å². The Kier molecular flexibility index (Phi) is 5.63. The van der Waals surface area contributed by atoms with Crippen molar-refractivity contribution in [3.8, 4) is 0 Å². The largest absolute Gasteiger partial charge is 0.388 e. The highest BCUT2D eigenvalue weighted by atomic mass is 35.5. The molecule has 0 aliphatic heterocycles. The molecule has 2 unspecified atom stereocenters. The molecule has 0 saturated heterocycles. The summed E-state index contributed by atoms with van der Waals surface area (Å²) in [5.74, 6) is -0.278. The van der Waals surface area contributed by atoms with Gasteiger partial charge < -0.3 is 10.4 Å². The molecule has 2 N–H and O–H groups in total. The molecule has 0 saturated carbocycles. The van der Waals surface area contributed by atoms with Gasteiger partial charge in [-0.15, -0.1) is 11.6 Å². The van der Waals surface area contributed by atoms with E-state index in [0.717, 1.165) is 12.0 Å². The highest BCUT2D eigenvalue weighted by molar-refractivity contribution is 6.30. The lowest BCUT2D eigenvalue weighted by Crippen LogP contribution is -2.41. The van der Waals surface area contributed by atoms with Gasteiger partial charge in [-0.25, -0.2) is 0 Å². The predicted octanol–water partition coefficient (Wildman–Crippen LogP) is 2.63. The number of rotatable bonds is 6. The van der Waals surface area contributed by atoms with Crippen molar-refractivity contribution in [2.45, 2.75) is 37.7 Å². The number of aliphatic hydroxyl groups is 1. The van der Waals surface area contributed by atoms with E-state index in [2.05, 4.69) is 5.32 Å². The van der Waals surface area contributed by atoms with Gasteiger partial charge in [0.2, 0.25) is 5.91 Å². The smallest absolute Gasteiger partial charge is 0.242 e. The third-order valence-electron chi connectivity index (χ3n) is 2.75. The van der Waals surface area contributed by atoms with Crippen LogP contribution in [0.2, 0.25) is 0 Å². The van der Waals surface area contributed by atoms with Gasteiger partial charge in [0.15, 0.2) is 0 Å². The minimum absolute atomic E-state index is 0.218. The Morgan fingerprint density at radius 3 is 2.61 bits per heavy atom. The van der Waals surface area contributed by atoms with Gasteiger partial charge in [-0.1, -0.05) is 43.7 Å². The molecule has 3 nitrogen and oxygen atoms in total. The van der Waals surface area contributed by atoms with E-state index in [0.29, 0.717) is 6.42 Å². The summed E-state index contributed by atoms with van der Waals surface area (Å²) in [4.78, 5) is 11.8. The van der Waals surface area contributed by atoms with E-state index in [1.807, 2.05) is 25.1 Å². The fraction of sp³-hybridized carbons (Fsp3) is 0.500. The lowest BCUT2D eigenvalue weighted by molar-refractivity contribution is -0.122. The van der Waals surface area contributed by atoms with Crippen LogP contribution in [0.25, 0.3) is 0 Å². The Bertz CT molecular complexity index is 379. The molecule has 0 spiro atoms. The number of hydrogen-bond acceptors (Lipinski definition) is 2. The highest BCUT2D eigenvalue weighted by Gasteiger charge is 2.23. The topological polar surface area (TPSA) is 49.3 Å². The van der Waals surface area contributed by atoms with Crippen molar-refractivity contribution in [2.75, 3.05) is 6.54 Å². The molecule has 18 heavy (non-hydrogen) atoms. The predicted molar refractivity (Wildman–Crippen MR) is 73.6 cm³/mol. The second-order valence-electron chi connectivity index (χ2n) is 4.74. The number of benzene rings is 1. The maximum absolute atomic E-state index is 11.8. The third kappa shape index (κ3) is 4.67. The number of hydrogen-bond donors (Lipinski definition) is 2. The molecular formula is C14H20ClNO2. The fourth-order valence-electron chi connectivity index (χ4n) is 1.77. The van der Waals surface area contributed by atoms with Crippen LogP contribution in [0.3, 0.4) is 0 Å². The van der Waals surface area contributed by atoms with Crippen molar-refractivity contribution < 1.29 is 9.90 Å². The minimum atomic E-state index is -0.877. The Labute approximate surface area is 113 Å². The molecule has 1 aromatic rings. The fourth-order valence-corrected chi connectivity index (χ4v) is 1.99. The van der Waals surface area contributed by atoms with Crippen LogP contribution in [0.1, 0.15) is 37.6 Å². The summed E-state index contributed by atoms with van der Waals surface area (Å²) in [7, 11) is 0. The zero-order valence-electron chi connectivity index (χ0n) is 10.8. The Balaban J connectivity index is 2.51. The zero-order chi connectivity index (χ0) is 13.6. The van der Waals surface area contributed by atoms with Gasteiger partial charge in [-0.2, -0.15) is 0 Å². The molecule has 1 aromatic carbocycles. The standard InChI is InChI=1S/C14H20ClNO2/c1-3-9-14(2,18)10-16-13(17)12(15)11-7-5-4-6-8-11/h4-8,12,18H,3,9-10H2,1-2H3,(H,16,17). The first kappa shape index (κ1) is 15.0. The Morgan fingerprint density at radius 2 is 2.06 bits per heavy atom. The van der Waals surface area contributed by atoms with Gasteiger partial charge >= 0.3 is 0 Å². The maximum Gasteiger partial charge on any atom is 0.242 e. The number of halogens is 1. The SMILES string of the molecule is CCCC(C)(O)CNC(=O)C(Cl)c1ccccc1. The van der Waals surface area contributed by atoms with Crippen LogP contribution in [-0.2, 0) is 4.79 Å². The molecule has 0 fully saturated rings. The average Bonchev–Trinajstić information content (AvgIpc) is 2.36. The van der Waals surface area contributed by atoms with Crippen molar-refractivity contribution >= 4 is 17.5 Å². The highest BCUT2D eigenvalue weighted by Crippen LogP contribution is 2.20. The van der Waals surface area contributed by atoms with Gasteiger partial charge in [0.1, 0.15) is 5.38 Å². The van der Waals surface area contributed by atoms with Crippen LogP contribution in [0.15, 0.2) is 30.3 Å². The normalized spacial score (nSPS) is 15.8. The van der Waals surface area contributed by atoms with Gasteiger partial charge in [0.05, 0.1) is 5.60 Å². The van der Waals surface area contributed by atoms with Crippen LogP contribution in [0, 0.1) is 0 Å². The van der Waals surface area contributed by atoms with E-state index in [1.54, 1.807) is 19.1 Å². The Hall–Kier alpha value is -1.06. The summed E-state index contributed by atoms with van der Waals surface area (Å²) < 4.78 is 0. The molecule has 0 aliphatic carbocycles. The molecule has 1 amide bonds. The lowest BCUT2D eigenvalue weighted by atomic mass is 10.0. The van der Waals surface area contributed by atoms with Gasteiger partial charge in [0, 0.05) is 6.54 Å². The summed E-state index contributed by atoms with van der Waals surface area (Å²) in [5, 5.41) is 11.9.